The summed E-state index contributed by atoms with van der Waals surface area (Å²) >= 11 is 0. The standard InChI is InChI=1S/C34H36FN3O3/c1-25(39)37-30-16-13-26(14-17-30)23-38(19-8-20-41-33-18-15-27(21-32(33)35)22-34(36)40)24-31(28-9-4-2-5-10-28)29-11-6-3-7-12-29/h2-7,9-18,21,31H,8,19-20,22-24H2,1H3,(H2,36,40)(H,37,39). The van der Waals surface area contributed by atoms with E-state index >= 15 is 0 Å². The highest BCUT2D eigenvalue weighted by molar-refractivity contribution is 5.88. The van der Waals surface area contributed by atoms with E-state index in [1.165, 1.54) is 24.1 Å². The van der Waals surface area contributed by atoms with E-state index in [9.17, 15) is 14.0 Å². The number of ether oxygens (including phenoxy) is 1. The highest BCUT2D eigenvalue weighted by atomic mass is 19.1. The van der Waals surface area contributed by atoms with Gasteiger partial charge < -0.3 is 15.8 Å². The van der Waals surface area contributed by atoms with Crippen molar-refractivity contribution in [3.05, 3.63) is 131 Å². The van der Waals surface area contributed by atoms with Crippen molar-refractivity contribution in [1.82, 2.24) is 4.90 Å². The number of benzene rings is 4. The Balaban J connectivity index is 1.47. The number of amides is 2. The third-order valence-electron chi connectivity index (χ3n) is 6.78. The highest BCUT2D eigenvalue weighted by Gasteiger charge is 2.19. The number of nitrogens with zero attached hydrogens (tertiary/aromatic N) is 1. The van der Waals surface area contributed by atoms with Gasteiger partial charge in [0.05, 0.1) is 13.0 Å². The first-order valence-electron chi connectivity index (χ1n) is 13.8. The maximum atomic E-state index is 14.5. The van der Waals surface area contributed by atoms with Crippen molar-refractivity contribution in [2.24, 2.45) is 5.73 Å². The normalized spacial score (nSPS) is 11.0. The van der Waals surface area contributed by atoms with Gasteiger partial charge in [-0.2, -0.15) is 0 Å². The number of primary amides is 1. The number of rotatable bonds is 14. The zero-order valence-corrected chi connectivity index (χ0v) is 23.3. The van der Waals surface area contributed by atoms with Gasteiger partial charge in [0.15, 0.2) is 11.6 Å². The van der Waals surface area contributed by atoms with Gasteiger partial charge >= 0.3 is 0 Å². The topological polar surface area (TPSA) is 84.7 Å². The lowest BCUT2D eigenvalue weighted by Crippen LogP contribution is -2.30. The summed E-state index contributed by atoms with van der Waals surface area (Å²) < 4.78 is 20.3. The summed E-state index contributed by atoms with van der Waals surface area (Å²) in [6.45, 7) is 4.03. The van der Waals surface area contributed by atoms with E-state index in [2.05, 4.69) is 58.7 Å². The van der Waals surface area contributed by atoms with Gasteiger partial charge in [0, 0.05) is 38.2 Å². The molecule has 0 unspecified atom stereocenters. The fraction of sp³-hybridized carbons (Fsp3) is 0.235. The molecule has 0 aliphatic carbocycles. The predicted octanol–water partition coefficient (Wildman–Crippen LogP) is 5.92. The number of anilines is 1. The van der Waals surface area contributed by atoms with Crippen LogP contribution in [0, 0.1) is 5.82 Å². The smallest absolute Gasteiger partial charge is 0.221 e. The number of nitrogens with one attached hydrogen (secondary N) is 1. The summed E-state index contributed by atoms with van der Waals surface area (Å²) in [5.41, 5.74) is 10.1. The molecule has 0 aliphatic heterocycles. The van der Waals surface area contributed by atoms with Crippen molar-refractivity contribution in [2.45, 2.75) is 32.2 Å². The number of hydrogen-bond donors (Lipinski definition) is 2. The van der Waals surface area contributed by atoms with Crippen molar-refractivity contribution < 1.29 is 18.7 Å². The van der Waals surface area contributed by atoms with Crippen LogP contribution in [0.1, 0.15) is 41.5 Å². The maximum absolute atomic E-state index is 14.5. The average Bonchev–Trinajstić information content (AvgIpc) is 2.96. The van der Waals surface area contributed by atoms with Gasteiger partial charge in [0.25, 0.3) is 0 Å². The Hall–Kier alpha value is -4.49. The zero-order chi connectivity index (χ0) is 29.0. The van der Waals surface area contributed by atoms with Gasteiger partial charge in [0.2, 0.25) is 11.8 Å². The maximum Gasteiger partial charge on any atom is 0.221 e. The highest BCUT2D eigenvalue weighted by Crippen LogP contribution is 2.27. The Morgan fingerprint density at radius 2 is 1.49 bits per heavy atom. The Bertz CT molecular complexity index is 1370. The molecule has 0 spiro atoms. The third kappa shape index (κ3) is 9.29. The molecule has 0 bridgehead atoms. The lowest BCUT2D eigenvalue weighted by molar-refractivity contribution is -0.117. The fourth-order valence-corrected chi connectivity index (χ4v) is 4.86. The quantitative estimate of drug-likeness (QED) is 0.190. The van der Waals surface area contributed by atoms with Crippen LogP contribution in [0.4, 0.5) is 10.1 Å². The second kappa shape index (κ2) is 14.8. The second-order valence-electron chi connectivity index (χ2n) is 10.1. The van der Waals surface area contributed by atoms with Gasteiger partial charge in [-0.3, -0.25) is 14.5 Å². The number of carbonyl (C=O) groups excluding carboxylic acids is 2. The van der Waals surface area contributed by atoms with E-state index in [1.807, 2.05) is 36.4 Å². The molecular weight excluding hydrogens is 517 g/mol. The number of hydrogen-bond acceptors (Lipinski definition) is 4. The zero-order valence-electron chi connectivity index (χ0n) is 23.3. The molecule has 212 valence electrons. The molecule has 4 aromatic carbocycles. The van der Waals surface area contributed by atoms with Crippen LogP contribution in [0.15, 0.2) is 103 Å². The van der Waals surface area contributed by atoms with Crippen LogP contribution >= 0.6 is 0 Å². The van der Waals surface area contributed by atoms with Crippen LogP contribution in [0.25, 0.3) is 0 Å². The molecule has 0 radical (unpaired) electrons. The fourth-order valence-electron chi connectivity index (χ4n) is 4.86. The molecule has 0 saturated carbocycles. The van der Waals surface area contributed by atoms with E-state index in [0.717, 1.165) is 24.3 Å². The van der Waals surface area contributed by atoms with E-state index in [4.69, 9.17) is 10.5 Å². The predicted molar refractivity (Wildman–Crippen MR) is 160 cm³/mol. The molecule has 7 heteroatoms. The van der Waals surface area contributed by atoms with Crippen LogP contribution in [0.3, 0.4) is 0 Å². The third-order valence-corrected chi connectivity index (χ3v) is 6.78. The lowest BCUT2D eigenvalue weighted by Gasteiger charge is -2.28. The van der Waals surface area contributed by atoms with Gasteiger partial charge in [-0.1, -0.05) is 78.9 Å². The molecule has 41 heavy (non-hydrogen) atoms. The Morgan fingerprint density at radius 1 is 0.878 bits per heavy atom. The Morgan fingerprint density at radius 3 is 2.05 bits per heavy atom. The van der Waals surface area contributed by atoms with E-state index in [0.29, 0.717) is 25.1 Å². The largest absolute Gasteiger partial charge is 0.490 e. The number of halogens is 1. The molecule has 6 nitrogen and oxygen atoms in total. The van der Waals surface area contributed by atoms with E-state index in [-0.39, 0.29) is 24.0 Å². The summed E-state index contributed by atoms with van der Waals surface area (Å²) in [7, 11) is 0. The molecule has 0 aromatic heterocycles. The molecule has 4 rings (SSSR count). The molecule has 0 saturated heterocycles. The van der Waals surface area contributed by atoms with Gasteiger partial charge in [-0.15, -0.1) is 0 Å². The van der Waals surface area contributed by atoms with E-state index in [1.54, 1.807) is 12.1 Å². The molecule has 0 aliphatic rings. The van der Waals surface area contributed by atoms with Gasteiger partial charge in [0.1, 0.15) is 0 Å². The summed E-state index contributed by atoms with van der Waals surface area (Å²) in [6.07, 6.45) is 0.671. The first-order valence-corrected chi connectivity index (χ1v) is 13.8. The molecule has 4 aromatic rings. The van der Waals surface area contributed by atoms with Crippen LogP contribution < -0.4 is 15.8 Å². The van der Waals surface area contributed by atoms with Crippen molar-refractivity contribution in [3.63, 3.8) is 0 Å². The summed E-state index contributed by atoms with van der Waals surface area (Å²) in [4.78, 5) is 24.9. The van der Waals surface area contributed by atoms with Crippen molar-refractivity contribution in [2.75, 3.05) is 25.0 Å². The van der Waals surface area contributed by atoms with Gasteiger partial charge in [-0.25, -0.2) is 4.39 Å². The van der Waals surface area contributed by atoms with Crippen LogP contribution in [-0.2, 0) is 22.6 Å². The molecule has 0 atom stereocenters. The monoisotopic (exact) mass is 553 g/mol. The second-order valence-corrected chi connectivity index (χ2v) is 10.1. The van der Waals surface area contributed by atoms with Gasteiger partial charge in [-0.05, 0) is 52.9 Å². The summed E-state index contributed by atoms with van der Waals surface area (Å²) in [5, 5.41) is 2.81. The molecule has 0 fully saturated rings. The molecule has 0 heterocycles. The Kier molecular flexibility index (Phi) is 10.6. The SMILES string of the molecule is CC(=O)Nc1ccc(CN(CCCOc2ccc(CC(N)=O)cc2F)CC(c2ccccc2)c2ccccc2)cc1. The van der Waals surface area contributed by atoms with Crippen molar-refractivity contribution >= 4 is 17.5 Å². The number of carbonyl (C=O) groups is 2. The molecule has 2 amide bonds. The van der Waals surface area contributed by atoms with Crippen LogP contribution in [0.5, 0.6) is 5.75 Å². The minimum atomic E-state index is -0.507. The first kappa shape index (κ1) is 29.5. The summed E-state index contributed by atoms with van der Waals surface area (Å²) in [5.74, 6) is -0.802. The van der Waals surface area contributed by atoms with Crippen LogP contribution in [-0.4, -0.2) is 36.4 Å². The molecular formula is C34H36FN3O3. The van der Waals surface area contributed by atoms with Crippen molar-refractivity contribution in [3.8, 4) is 5.75 Å². The number of nitrogens with two attached hydrogens (primary N) is 1. The minimum absolute atomic E-state index is 0.0120. The Labute approximate surface area is 241 Å². The lowest BCUT2D eigenvalue weighted by atomic mass is 9.90. The molecule has 3 N–H and O–H groups in total. The van der Waals surface area contributed by atoms with Crippen LogP contribution in [0.2, 0.25) is 0 Å². The first-order chi connectivity index (χ1) is 19.9. The van der Waals surface area contributed by atoms with E-state index < -0.39 is 11.7 Å². The minimum Gasteiger partial charge on any atom is -0.490 e. The summed E-state index contributed by atoms with van der Waals surface area (Å²) in [6, 6.07) is 33.3. The van der Waals surface area contributed by atoms with Crippen molar-refractivity contribution in [1.29, 1.82) is 0 Å². The average molecular weight is 554 g/mol.